The Morgan fingerprint density at radius 2 is 1.67 bits per heavy atom. The van der Waals surface area contributed by atoms with Crippen LogP contribution in [0.5, 0.6) is 0 Å². The highest BCUT2D eigenvalue weighted by molar-refractivity contribution is 9.10. The van der Waals surface area contributed by atoms with Gasteiger partial charge in [-0.1, -0.05) is 20.8 Å². The van der Waals surface area contributed by atoms with Gasteiger partial charge >= 0.3 is 0 Å². The molecule has 5 nitrogen and oxygen atoms in total. The molecule has 0 aliphatic carbocycles. The lowest BCUT2D eigenvalue weighted by molar-refractivity contribution is 0.564. The molecule has 2 aromatic heterocycles. The normalized spacial score (nSPS) is 11.6. The molecule has 18 heavy (non-hydrogen) atoms. The lowest BCUT2D eigenvalue weighted by Crippen LogP contribution is -2.17. The first kappa shape index (κ1) is 12.9. The predicted octanol–water partition coefficient (Wildman–Crippen LogP) is 2.58. The summed E-state index contributed by atoms with van der Waals surface area (Å²) in [4.78, 5) is 17.0. The minimum Gasteiger partial charge on any atom is -0.383 e. The SMILES string of the molecule is CC(C)(C)c1nc(-c2ncccn2)nc(N)c1Br. The maximum atomic E-state index is 5.90. The molecule has 2 rings (SSSR count). The van der Waals surface area contributed by atoms with E-state index in [0.717, 1.165) is 10.2 Å². The minimum atomic E-state index is -0.139. The predicted molar refractivity (Wildman–Crippen MR) is 73.9 cm³/mol. The fraction of sp³-hybridized carbons (Fsp3) is 0.333. The van der Waals surface area contributed by atoms with Gasteiger partial charge in [-0.25, -0.2) is 19.9 Å². The van der Waals surface area contributed by atoms with E-state index >= 15 is 0 Å². The summed E-state index contributed by atoms with van der Waals surface area (Å²) in [5.41, 5.74) is 6.61. The highest BCUT2D eigenvalue weighted by Gasteiger charge is 2.23. The number of anilines is 1. The third-order valence-electron chi connectivity index (χ3n) is 2.35. The molecular formula is C12H14BrN5. The van der Waals surface area contributed by atoms with Crippen LogP contribution in [0, 0.1) is 0 Å². The molecule has 0 bridgehead atoms. The zero-order valence-electron chi connectivity index (χ0n) is 10.5. The summed E-state index contributed by atoms with van der Waals surface area (Å²) in [5, 5.41) is 0. The summed E-state index contributed by atoms with van der Waals surface area (Å²) in [7, 11) is 0. The summed E-state index contributed by atoms with van der Waals surface area (Å²) in [6.45, 7) is 6.19. The van der Waals surface area contributed by atoms with Crippen LogP contribution >= 0.6 is 15.9 Å². The van der Waals surface area contributed by atoms with Gasteiger partial charge in [0, 0.05) is 17.8 Å². The van der Waals surface area contributed by atoms with Crippen molar-refractivity contribution in [1.29, 1.82) is 0 Å². The average Bonchev–Trinajstić information content (AvgIpc) is 2.32. The molecule has 0 saturated carbocycles. The number of halogens is 1. The molecule has 0 atom stereocenters. The Hall–Kier alpha value is -1.56. The van der Waals surface area contributed by atoms with Crippen LogP contribution in [-0.2, 0) is 5.41 Å². The molecule has 0 amide bonds. The molecule has 2 heterocycles. The van der Waals surface area contributed by atoms with Crippen LogP contribution in [0.2, 0.25) is 0 Å². The summed E-state index contributed by atoms with van der Waals surface area (Å²) in [5.74, 6) is 1.32. The Morgan fingerprint density at radius 1 is 1.06 bits per heavy atom. The number of hydrogen-bond acceptors (Lipinski definition) is 5. The third kappa shape index (κ3) is 2.48. The van der Waals surface area contributed by atoms with Crippen molar-refractivity contribution in [3.63, 3.8) is 0 Å². The van der Waals surface area contributed by atoms with Crippen molar-refractivity contribution in [2.45, 2.75) is 26.2 Å². The van der Waals surface area contributed by atoms with E-state index in [0.29, 0.717) is 17.5 Å². The molecule has 0 spiro atoms. The first-order valence-corrected chi connectivity index (χ1v) is 6.30. The molecule has 2 N–H and O–H groups in total. The van der Waals surface area contributed by atoms with Crippen molar-refractivity contribution in [1.82, 2.24) is 19.9 Å². The molecule has 2 aromatic rings. The lowest BCUT2D eigenvalue weighted by atomic mass is 9.92. The smallest absolute Gasteiger partial charge is 0.200 e. The van der Waals surface area contributed by atoms with Crippen LogP contribution < -0.4 is 5.73 Å². The van der Waals surface area contributed by atoms with E-state index in [9.17, 15) is 0 Å². The lowest BCUT2D eigenvalue weighted by Gasteiger charge is -2.20. The maximum absolute atomic E-state index is 5.90. The topological polar surface area (TPSA) is 77.6 Å². The molecule has 6 heteroatoms. The summed E-state index contributed by atoms with van der Waals surface area (Å²) >= 11 is 3.43. The molecular weight excluding hydrogens is 294 g/mol. The molecule has 94 valence electrons. The molecule has 0 aromatic carbocycles. The van der Waals surface area contributed by atoms with Gasteiger partial charge < -0.3 is 5.73 Å². The van der Waals surface area contributed by atoms with Crippen LogP contribution in [0.4, 0.5) is 5.82 Å². The molecule has 0 aliphatic heterocycles. The van der Waals surface area contributed by atoms with E-state index in [-0.39, 0.29) is 5.41 Å². The number of rotatable bonds is 1. The Kier molecular flexibility index (Phi) is 3.30. The number of nitrogens with zero attached hydrogens (tertiary/aromatic N) is 4. The van der Waals surface area contributed by atoms with Crippen LogP contribution in [0.1, 0.15) is 26.5 Å². The van der Waals surface area contributed by atoms with Gasteiger partial charge in [0.2, 0.25) is 0 Å². The molecule has 0 radical (unpaired) electrons. The average molecular weight is 308 g/mol. The van der Waals surface area contributed by atoms with E-state index < -0.39 is 0 Å². The maximum Gasteiger partial charge on any atom is 0.200 e. The van der Waals surface area contributed by atoms with Gasteiger partial charge in [0.25, 0.3) is 0 Å². The van der Waals surface area contributed by atoms with E-state index in [2.05, 4.69) is 56.6 Å². The van der Waals surface area contributed by atoms with E-state index in [1.54, 1.807) is 18.5 Å². The molecule has 0 aliphatic rings. The Morgan fingerprint density at radius 3 is 2.22 bits per heavy atom. The summed E-state index contributed by atoms with van der Waals surface area (Å²) in [6.07, 6.45) is 3.31. The fourth-order valence-electron chi connectivity index (χ4n) is 1.48. The second-order valence-corrected chi connectivity index (χ2v) is 5.71. The van der Waals surface area contributed by atoms with Gasteiger partial charge in [0.15, 0.2) is 11.6 Å². The van der Waals surface area contributed by atoms with Crippen LogP contribution in [0.25, 0.3) is 11.6 Å². The van der Waals surface area contributed by atoms with E-state index in [4.69, 9.17) is 5.73 Å². The van der Waals surface area contributed by atoms with Crippen LogP contribution in [-0.4, -0.2) is 19.9 Å². The number of nitrogens with two attached hydrogens (primary N) is 1. The van der Waals surface area contributed by atoms with E-state index in [1.807, 2.05) is 0 Å². The Balaban J connectivity index is 2.62. The third-order valence-corrected chi connectivity index (χ3v) is 3.13. The van der Waals surface area contributed by atoms with Gasteiger partial charge in [-0.15, -0.1) is 0 Å². The first-order valence-electron chi connectivity index (χ1n) is 5.50. The monoisotopic (exact) mass is 307 g/mol. The van der Waals surface area contributed by atoms with Crippen molar-refractivity contribution in [3.8, 4) is 11.6 Å². The quantitative estimate of drug-likeness (QED) is 0.876. The van der Waals surface area contributed by atoms with E-state index in [1.165, 1.54) is 0 Å². The second-order valence-electron chi connectivity index (χ2n) is 4.92. The molecule has 0 saturated heterocycles. The fourth-order valence-corrected chi connectivity index (χ4v) is 2.25. The Bertz CT molecular complexity index is 563. The molecule has 0 unspecified atom stereocenters. The van der Waals surface area contributed by atoms with Gasteiger partial charge in [0.1, 0.15) is 5.82 Å². The number of nitrogen functional groups attached to an aromatic ring is 1. The first-order chi connectivity index (χ1) is 8.39. The second kappa shape index (κ2) is 4.61. The zero-order chi connectivity index (χ0) is 13.3. The van der Waals surface area contributed by atoms with Crippen LogP contribution in [0.15, 0.2) is 22.9 Å². The van der Waals surface area contributed by atoms with Crippen molar-refractivity contribution in [2.24, 2.45) is 0 Å². The number of hydrogen-bond donors (Lipinski definition) is 1. The highest BCUT2D eigenvalue weighted by Crippen LogP contribution is 2.32. The van der Waals surface area contributed by atoms with Gasteiger partial charge in [-0.2, -0.15) is 0 Å². The standard InChI is InChI=1S/C12H14BrN5/c1-12(2,3)8-7(13)9(14)18-11(17-8)10-15-5-4-6-16-10/h4-6H,1-3H3,(H2,14,17,18). The highest BCUT2D eigenvalue weighted by atomic mass is 79.9. The Labute approximate surface area is 114 Å². The minimum absolute atomic E-state index is 0.139. The van der Waals surface area contributed by atoms with Gasteiger partial charge in [-0.3, -0.25) is 0 Å². The largest absolute Gasteiger partial charge is 0.383 e. The van der Waals surface area contributed by atoms with Gasteiger partial charge in [0.05, 0.1) is 10.2 Å². The summed E-state index contributed by atoms with van der Waals surface area (Å²) in [6, 6.07) is 1.75. The zero-order valence-corrected chi connectivity index (χ0v) is 12.1. The van der Waals surface area contributed by atoms with Gasteiger partial charge in [-0.05, 0) is 22.0 Å². The van der Waals surface area contributed by atoms with Crippen molar-refractivity contribution in [2.75, 3.05) is 5.73 Å². The van der Waals surface area contributed by atoms with Crippen LogP contribution in [0.3, 0.4) is 0 Å². The molecule has 0 fully saturated rings. The summed E-state index contributed by atoms with van der Waals surface area (Å²) < 4.78 is 0.731. The van der Waals surface area contributed by atoms with Crippen molar-refractivity contribution in [3.05, 3.63) is 28.6 Å². The van der Waals surface area contributed by atoms with Crippen molar-refractivity contribution >= 4 is 21.7 Å². The van der Waals surface area contributed by atoms with Crippen molar-refractivity contribution < 1.29 is 0 Å². The number of aromatic nitrogens is 4.